The van der Waals surface area contributed by atoms with Crippen LogP contribution < -0.4 is 20.7 Å². The van der Waals surface area contributed by atoms with Crippen LogP contribution in [0.3, 0.4) is 0 Å². The highest BCUT2D eigenvalue weighted by Crippen LogP contribution is 2.27. The normalized spacial score (nSPS) is 13.6. The van der Waals surface area contributed by atoms with Gasteiger partial charge in [-0.1, -0.05) is 12.6 Å². The molecule has 1 aromatic heterocycles. The van der Waals surface area contributed by atoms with Crippen molar-refractivity contribution in [3.05, 3.63) is 77.1 Å². The number of hydrogen-bond acceptors (Lipinski definition) is 6. The minimum absolute atomic E-state index is 0.137. The Kier molecular flexibility index (Phi) is 8.92. The quantitative estimate of drug-likeness (QED) is 0.407. The summed E-state index contributed by atoms with van der Waals surface area (Å²) in [6, 6.07) is 5.80. The SMILES string of the molecule is C=C(Nc1cccc(F)c1CC(F)F)C1=C(NCc2ccncc2OCCOC)CCNC1=O. The van der Waals surface area contributed by atoms with Crippen LogP contribution in [0.5, 0.6) is 5.75 Å². The minimum atomic E-state index is -2.72. The smallest absolute Gasteiger partial charge is 0.255 e. The number of alkyl halides is 2. The maximum Gasteiger partial charge on any atom is 0.255 e. The minimum Gasteiger partial charge on any atom is -0.489 e. The molecule has 3 rings (SSSR count). The van der Waals surface area contributed by atoms with E-state index in [1.807, 2.05) is 0 Å². The molecule has 0 bridgehead atoms. The zero-order chi connectivity index (χ0) is 24.5. The molecule has 0 aliphatic carbocycles. The molecule has 10 heteroatoms. The van der Waals surface area contributed by atoms with Crippen LogP contribution in [-0.4, -0.2) is 44.2 Å². The number of methoxy groups -OCH3 is 1. The van der Waals surface area contributed by atoms with Crippen LogP contribution in [0.4, 0.5) is 18.9 Å². The molecule has 1 aliphatic rings. The molecule has 3 N–H and O–H groups in total. The molecule has 34 heavy (non-hydrogen) atoms. The highest BCUT2D eigenvalue weighted by Gasteiger charge is 2.24. The van der Waals surface area contributed by atoms with Crippen molar-refractivity contribution in [1.82, 2.24) is 15.6 Å². The van der Waals surface area contributed by atoms with Crippen molar-refractivity contribution in [1.29, 1.82) is 0 Å². The first-order valence-corrected chi connectivity index (χ1v) is 10.7. The molecule has 0 radical (unpaired) electrons. The van der Waals surface area contributed by atoms with Gasteiger partial charge in [-0.3, -0.25) is 9.78 Å². The number of amides is 1. The summed E-state index contributed by atoms with van der Waals surface area (Å²) in [5.41, 5.74) is 1.83. The number of anilines is 1. The third-order valence-electron chi connectivity index (χ3n) is 5.16. The number of carbonyl (C=O) groups excluding carboxylic acids is 1. The molecule has 2 heterocycles. The average molecular weight is 476 g/mol. The van der Waals surface area contributed by atoms with E-state index < -0.39 is 18.7 Å². The molecular formula is C24H27F3N4O3. The number of aromatic nitrogens is 1. The van der Waals surface area contributed by atoms with Gasteiger partial charge in [0.2, 0.25) is 6.43 Å². The second kappa shape index (κ2) is 12.1. The summed E-state index contributed by atoms with van der Waals surface area (Å²) in [4.78, 5) is 16.7. The summed E-state index contributed by atoms with van der Waals surface area (Å²) >= 11 is 0. The number of rotatable bonds is 12. The predicted octanol–water partition coefficient (Wildman–Crippen LogP) is 3.54. The Hall–Kier alpha value is -3.53. The van der Waals surface area contributed by atoms with Crippen LogP contribution in [-0.2, 0) is 22.5 Å². The first kappa shape index (κ1) is 25.1. The van der Waals surface area contributed by atoms with Crippen molar-refractivity contribution in [2.24, 2.45) is 0 Å². The lowest BCUT2D eigenvalue weighted by atomic mass is 10.0. The summed E-state index contributed by atoms with van der Waals surface area (Å²) in [5.74, 6) is -0.538. The second-order valence-corrected chi connectivity index (χ2v) is 7.50. The zero-order valence-electron chi connectivity index (χ0n) is 18.8. The Morgan fingerprint density at radius 1 is 1.29 bits per heavy atom. The number of hydrogen-bond donors (Lipinski definition) is 3. The van der Waals surface area contributed by atoms with E-state index in [-0.39, 0.29) is 28.4 Å². The highest BCUT2D eigenvalue weighted by atomic mass is 19.3. The first-order chi connectivity index (χ1) is 16.4. The van der Waals surface area contributed by atoms with Crippen LogP contribution in [0.1, 0.15) is 17.5 Å². The number of nitrogens with zero attached hydrogens (tertiary/aromatic N) is 1. The van der Waals surface area contributed by atoms with Gasteiger partial charge < -0.3 is 25.4 Å². The first-order valence-electron chi connectivity index (χ1n) is 10.7. The van der Waals surface area contributed by atoms with Crippen LogP contribution >= 0.6 is 0 Å². The monoisotopic (exact) mass is 476 g/mol. The summed E-state index contributed by atoms with van der Waals surface area (Å²) in [6.45, 7) is 5.47. The van der Waals surface area contributed by atoms with Gasteiger partial charge in [0.05, 0.1) is 18.4 Å². The molecule has 0 unspecified atom stereocenters. The van der Waals surface area contributed by atoms with E-state index >= 15 is 0 Å². The molecule has 1 amide bonds. The predicted molar refractivity (Wildman–Crippen MR) is 122 cm³/mol. The Morgan fingerprint density at radius 2 is 2.12 bits per heavy atom. The van der Waals surface area contributed by atoms with E-state index in [4.69, 9.17) is 9.47 Å². The summed E-state index contributed by atoms with van der Waals surface area (Å²) in [5, 5.41) is 8.87. The van der Waals surface area contributed by atoms with Crippen molar-refractivity contribution in [2.75, 3.05) is 32.2 Å². The van der Waals surface area contributed by atoms with Crippen LogP contribution in [0.25, 0.3) is 0 Å². The van der Waals surface area contributed by atoms with Crippen molar-refractivity contribution in [3.8, 4) is 5.75 Å². The second-order valence-electron chi connectivity index (χ2n) is 7.50. The molecule has 1 aromatic carbocycles. The number of carbonyl (C=O) groups is 1. The van der Waals surface area contributed by atoms with E-state index in [1.54, 1.807) is 25.6 Å². The van der Waals surface area contributed by atoms with E-state index in [9.17, 15) is 18.0 Å². The summed E-state index contributed by atoms with van der Waals surface area (Å²) < 4.78 is 50.8. The Labute approximate surface area is 196 Å². The highest BCUT2D eigenvalue weighted by molar-refractivity contribution is 6.00. The Morgan fingerprint density at radius 3 is 2.88 bits per heavy atom. The van der Waals surface area contributed by atoms with Gasteiger partial charge in [0.1, 0.15) is 18.2 Å². The van der Waals surface area contributed by atoms with Crippen molar-refractivity contribution in [3.63, 3.8) is 0 Å². The molecule has 0 atom stereocenters. The fraction of sp³-hybridized carbons (Fsp3) is 0.333. The third-order valence-corrected chi connectivity index (χ3v) is 5.16. The standard InChI is InChI=1S/C24H27F3N4O3/c1-15(31-19-5-3-4-18(25)17(19)12-22(26)27)23-20(7-9-29-24(23)32)30-13-16-6-8-28-14-21(16)34-11-10-33-2/h3-6,8,14,22,30-31H,1,7,9-13H2,2H3,(H,29,32). The summed E-state index contributed by atoms with van der Waals surface area (Å²) in [6.07, 6.45) is 0.260. The molecular weight excluding hydrogens is 449 g/mol. The molecule has 7 nitrogen and oxygen atoms in total. The number of halogens is 3. The van der Waals surface area contributed by atoms with Crippen LogP contribution in [0.2, 0.25) is 0 Å². The van der Waals surface area contributed by atoms with Gasteiger partial charge in [-0.25, -0.2) is 13.2 Å². The third kappa shape index (κ3) is 6.50. The lowest BCUT2D eigenvalue weighted by molar-refractivity contribution is -0.117. The number of nitrogens with one attached hydrogen (secondary N) is 3. The zero-order valence-corrected chi connectivity index (χ0v) is 18.8. The molecule has 0 saturated heterocycles. The molecule has 0 saturated carbocycles. The van der Waals surface area contributed by atoms with E-state index in [0.717, 1.165) is 11.6 Å². The van der Waals surface area contributed by atoms with E-state index in [0.29, 0.717) is 44.2 Å². The van der Waals surface area contributed by atoms with Gasteiger partial charge in [-0.05, 0) is 18.2 Å². The van der Waals surface area contributed by atoms with Gasteiger partial charge in [-0.2, -0.15) is 0 Å². The maximum atomic E-state index is 14.2. The summed E-state index contributed by atoms with van der Waals surface area (Å²) in [7, 11) is 1.58. The molecule has 1 aliphatic heterocycles. The fourth-order valence-corrected chi connectivity index (χ4v) is 3.53. The van der Waals surface area contributed by atoms with Crippen LogP contribution in [0.15, 0.2) is 60.2 Å². The number of benzene rings is 1. The van der Waals surface area contributed by atoms with E-state index in [2.05, 4.69) is 27.5 Å². The lowest BCUT2D eigenvalue weighted by Crippen LogP contribution is -2.37. The number of pyridine rings is 1. The molecule has 2 aromatic rings. The lowest BCUT2D eigenvalue weighted by Gasteiger charge is -2.25. The van der Waals surface area contributed by atoms with Gasteiger partial charge >= 0.3 is 0 Å². The van der Waals surface area contributed by atoms with E-state index in [1.165, 1.54) is 12.1 Å². The van der Waals surface area contributed by atoms with Gasteiger partial charge in [0, 0.05) is 67.4 Å². The molecule has 182 valence electrons. The van der Waals surface area contributed by atoms with Crippen LogP contribution in [0, 0.1) is 5.82 Å². The average Bonchev–Trinajstić information content (AvgIpc) is 2.80. The topological polar surface area (TPSA) is 84.5 Å². The van der Waals surface area contributed by atoms with Gasteiger partial charge in [0.15, 0.2) is 0 Å². The molecule has 0 fully saturated rings. The maximum absolute atomic E-state index is 14.2. The fourth-order valence-electron chi connectivity index (χ4n) is 3.53. The molecule has 0 spiro atoms. The van der Waals surface area contributed by atoms with Gasteiger partial charge in [-0.15, -0.1) is 0 Å². The van der Waals surface area contributed by atoms with Crippen molar-refractivity contribution >= 4 is 11.6 Å². The Bertz CT molecular complexity index is 1060. The van der Waals surface area contributed by atoms with Gasteiger partial charge in [0.25, 0.3) is 5.91 Å². The number of ether oxygens (including phenoxy) is 2. The Balaban J connectivity index is 1.81. The largest absolute Gasteiger partial charge is 0.489 e. The van der Waals surface area contributed by atoms with Crippen molar-refractivity contribution < 1.29 is 27.4 Å². The van der Waals surface area contributed by atoms with Crippen molar-refractivity contribution in [2.45, 2.75) is 25.8 Å².